The number of hydrogen-bond donors (Lipinski definition) is 1. The molecule has 0 bridgehead atoms. The summed E-state index contributed by atoms with van der Waals surface area (Å²) in [5.41, 5.74) is 1.09. The molecular weight excluding hydrogens is 190 g/mol. The molecule has 1 aromatic heterocycles. The normalized spacial score (nSPS) is 15.8. The van der Waals surface area contributed by atoms with Crippen molar-refractivity contribution in [3.63, 3.8) is 0 Å². The molecule has 0 unspecified atom stereocenters. The van der Waals surface area contributed by atoms with Gasteiger partial charge in [-0.1, -0.05) is 6.07 Å². The Balaban J connectivity index is 2.01. The molecule has 1 fully saturated rings. The maximum atomic E-state index is 11.4. The van der Waals surface area contributed by atoms with Gasteiger partial charge in [-0.3, -0.25) is 4.79 Å². The smallest absolute Gasteiger partial charge is 0.222 e. The first-order chi connectivity index (χ1) is 7.29. The fourth-order valence-corrected chi connectivity index (χ4v) is 1.76. The van der Waals surface area contributed by atoms with Crippen LogP contribution in [-0.4, -0.2) is 29.4 Å². The number of nitrogens with one attached hydrogen (secondary N) is 1. The van der Waals surface area contributed by atoms with E-state index in [9.17, 15) is 4.79 Å². The van der Waals surface area contributed by atoms with Crippen molar-refractivity contribution in [3.8, 4) is 0 Å². The van der Waals surface area contributed by atoms with Gasteiger partial charge in [0, 0.05) is 32.8 Å². The van der Waals surface area contributed by atoms with Crippen molar-refractivity contribution < 1.29 is 4.79 Å². The number of nitrogens with zero attached hydrogens (tertiary/aromatic N) is 2. The molecule has 0 radical (unpaired) electrons. The third-order valence-corrected chi connectivity index (χ3v) is 2.63. The van der Waals surface area contributed by atoms with Crippen LogP contribution in [0.3, 0.4) is 0 Å². The summed E-state index contributed by atoms with van der Waals surface area (Å²) in [5, 5.41) is 2.96. The van der Waals surface area contributed by atoms with E-state index in [-0.39, 0.29) is 5.91 Å². The van der Waals surface area contributed by atoms with Gasteiger partial charge >= 0.3 is 0 Å². The molecular formula is C11H15N3O. The van der Waals surface area contributed by atoms with Crippen LogP contribution in [0.4, 0.5) is 5.82 Å². The Bertz CT molecular complexity index is 347. The van der Waals surface area contributed by atoms with Crippen LogP contribution in [-0.2, 0) is 11.3 Å². The molecule has 1 aliphatic rings. The SMILES string of the molecule is CNc1ccc(CN2CCCC2=O)cn1. The number of likely N-dealkylation sites (tertiary alicyclic amines) is 1. The average molecular weight is 205 g/mol. The summed E-state index contributed by atoms with van der Waals surface area (Å²) in [6, 6.07) is 3.93. The molecule has 0 saturated carbocycles. The summed E-state index contributed by atoms with van der Waals surface area (Å²) in [4.78, 5) is 17.5. The van der Waals surface area contributed by atoms with Crippen molar-refractivity contribution >= 4 is 11.7 Å². The number of amides is 1. The molecule has 4 heteroatoms. The van der Waals surface area contributed by atoms with E-state index in [1.807, 2.05) is 30.3 Å². The van der Waals surface area contributed by atoms with Crippen molar-refractivity contribution in [2.75, 3.05) is 18.9 Å². The Labute approximate surface area is 89.3 Å². The quantitative estimate of drug-likeness (QED) is 0.807. The molecule has 1 aromatic rings. The Hall–Kier alpha value is -1.58. The molecule has 1 saturated heterocycles. The molecule has 4 nitrogen and oxygen atoms in total. The number of anilines is 1. The van der Waals surface area contributed by atoms with Crippen molar-refractivity contribution in [3.05, 3.63) is 23.9 Å². The van der Waals surface area contributed by atoms with Crippen LogP contribution in [0, 0.1) is 0 Å². The van der Waals surface area contributed by atoms with Gasteiger partial charge in [0.05, 0.1) is 0 Å². The zero-order valence-corrected chi connectivity index (χ0v) is 8.86. The molecule has 2 rings (SSSR count). The minimum Gasteiger partial charge on any atom is -0.373 e. The average Bonchev–Trinajstić information content (AvgIpc) is 2.66. The van der Waals surface area contributed by atoms with Gasteiger partial charge in [0.15, 0.2) is 0 Å². The molecule has 0 spiro atoms. The van der Waals surface area contributed by atoms with Crippen LogP contribution in [0.2, 0.25) is 0 Å². The number of pyridine rings is 1. The van der Waals surface area contributed by atoms with E-state index < -0.39 is 0 Å². The van der Waals surface area contributed by atoms with Crippen molar-refractivity contribution in [1.29, 1.82) is 0 Å². The summed E-state index contributed by atoms with van der Waals surface area (Å²) >= 11 is 0. The highest BCUT2D eigenvalue weighted by Crippen LogP contribution is 2.14. The predicted octanol–water partition coefficient (Wildman–Crippen LogP) is 1.25. The highest BCUT2D eigenvalue weighted by molar-refractivity contribution is 5.78. The summed E-state index contributed by atoms with van der Waals surface area (Å²) in [7, 11) is 1.84. The topological polar surface area (TPSA) is 45.2 Å². The molecule has 1 N–H and O–H groups in total. The molecule has 2 heterocycles. The zero-order valence-electron chi connectivity index (χ0n) is 8.86. The summed E-state index contributed by atoms with van der Waals surface area (Å²) in [6.07, 6.45) is 3.50. The second-order valence-electron chi connectivity index (χ2n) is 3.72. The maximum Gasteiger partial charge on any atom is 0.222 e. The molecule has 1 amide bonds. The van der Waals surface area contributed by atoms with Crippen LogP contribution in [0.15, 0.2) is 18.3 Å². The van der Waals surface area contributed by atoms with E-state index in [0.717, 1.165) is 24.3 Å². The van der Waals surface area contributed by atoms with Gasteiger partial charge in [-0.25, -0.2) is 4.98 Å². The zero-order chi connectivity index (χ0) is 10.7. The third-order valence-electron chi connectivity index (χ3n) is 2.63. The molecule has 1 aliphatic heterocycles. The van der Waals surface area contributed by atoms with Crippen LogP contribution in [0.25, 0.3) is 0 Å². The van der Waals surface area contributed by atoms with Crippen LogP contribution < -0.4 is 5.32 Å². The fraction of sp³-hybridized carbons (Fsp3) is 0.455. The molecule has 15 heavy (non-hydrogen) atoms. The van der Waals surface area contributed by atoms with E-state index in [2.05, 4.69) is 10.3 Å². The maximum absolute atomic E-state index is 11.4. The minimum atomic E-state index is 0.257. The second kappa shape index (κ2) is 4.29. The standard InChI is InChI=1S/C11H15N3O/c1-12-10-5-4-9(7-13-10)8-14-6-2-3-11(14)15/h4-5,7H,2-3,6,8H2,1H3,(H,12,13). The minimum absolute atomic E-state index is 0.257. The highest BCUT2D eigenvalue weighted by Gasteiger charge is 2.19. The number of carbonyl (C=O) groups excluding carboxylic acids is 1. The van der Waals surface area contributed by atoms with Crippen molar-refractivity contribution in [1.82, 2.24) is 9.88 Å². The summed E-state index contributed by atoms with van der Waals surface area (Å²) in [5.74, 6) is 1.11. The predicted molar refractivity (Wildman–Crippen MR) is 58.4 cm³/mol. The Morgan fingerprint density at radius 1 is 1.53 bits per heavy atom. The fourth-order valence-electron chi connectivity index (χ4n) is 1.76. The third kappa shape index (κ3) is 2.26. The van der Waals surface area contributed by atoms with Gasteiger partial charge in [0.2, 0.25) is 5.91 Å². The number of aromatic nitrogens is 1. The Morgan fingerprint density at radius 2 is 2.40 bits per heavy atom. The van der Waals surface area contributed by atoms with Crippen molar-refractivity contribution in [2.24, 2.45) is 0 Å². The van der Waals surface area contributed by atoms with E-state index in [4.69, 9.17) is 0 Å². The molecule has 0 aromatic carbocycles. The van der Waals surface area contributed by atoms with Gasteiger partial charge in [-0.05, 0) is 18.1 Å². The van der Waals surface area contributed by atoms with Gasteiger partial charge in [0.1, 0.15) is 5.82 Å². The van der Waals surface area contributed by atoms with E-state index >= 15 is 0 Å². The van der Waals surface area contributed by atoms with Crippen LogP contribution in [0.1, 0.15) is 18.4 Å². The van der Waals surface area contributed by atoms with E-state index in [0.29, 0.717) is 13.0 Å². The molecule has 80 valence electrons. The van der Waals surface area contributed by atoms with Gasteiger partial charge in [-0.2, -0.15) is 0 Å². The summed E-state index contributed by atoms with van der Waals surface area (Å²) < 4.78 is 0. The molecule has 0 atom stereocenters. The van der Waals surface area contributed by atoms with Crippen LogP contribution in [0.5, 0.6) is 0 Å². The lowest BCUT2D eigenvalue weighted by atomic mass is 10.2. The lowest BCUT2D eigenvalue weighted by molar-refractivity contribution is -0.128. The first-order valence-corrected chi connectivity index (χ1v) is 5.20. The second-order valence-corrected chi connectivity index (χ2v) is 3.72. The van der Waals surface area contributed by atoms with Gasteiger partial charge in [0.25, 0.3) is 0 Å². The highest BCUT2D eigenvalue weighted by atomic mass is 16.2. The lowest BCUT2D eigenvalue weighted by Gasteiger charge is -2.15. The van der Waals surface area contributed by atoms with Gasteiger partial charge < -0.3 is 10.2 Å². The first-order valence-electron chi connectivity index (χ1n) is 5.20. The summed E-state index contributed by atoms with van der Waals surface area (Å²) in [6.45, 7) is 1.57. The first kappa shape index (κ1) is 9.96. The lowest BCUT2D eigenvalue weighted by Crippen LogP contribution is -2.23. The monoisotopic (exact) mass is 205 g/mol. The molecule has 0 aliphatic carbocycles. The largest absolute Gasteiger partial charge is 0.373 e. The van der Waals surface area contributed by atoms with Crippen LogP contribution >= 0.6 is 0 Å². The number of rotatable bonds is 3. The number of hydrogen-bond acceptors (Lipinski definition) is 3. The van der Waals surface area contributed by atoms with E-state index in [1.165, 1.54) is 0 Å². The number of carbonyl (C=O) groups is 1. The Kier molecular flexibility index (Phi) is 2.85. The Morgan fingerprint density at radius 3 is 2.93 bits per heavy atom. The van der Waals surface area contributed by atoms with Gasteiger partial charge in [-0.15, -0.1) is 0 Å². The van der Waals surface area contributed by atoms with E-state index in [1.54, 1.807) is 0 Å². The van der Waals surface area contributed by atoms with Crippen molar-refractivity contribution in [2.45, 2.75) is 19.4 Å².